The van der Waals surface area contributed by atoms with Crippen molar-refractivity contribution in [1.29, 1.82) is 0 Å². The van der Waals surface area contributed by atoms with Crippen LogP contribution in [-0.2, 0) is 14.6 Å². The molecule has 0 aromatic carbocycles. The monoisotopic (exact) mass is 274 g/mol. The van der Waals surface area contributed by atoms with E-state index in [2.05, 4.69) is 10.3 Å². The molecule has 3 amide bonds. The SMILES string of the molecule is NC(=O)N1N=NC(S(=O)(=O)c2ccsc2)C1=O. The maximum atomic E-state index is 11.9. The molecule has 1 unspecified atom stereocenters. The summed E-state index contributed by atoms with van der Waals surface area (Å²) in [6.07, 6.45) is 0. The zero-order valence-corrected chi connectivity index (χ0v) is 9.81. The Labute approximate surface area is 99.6 Å². The van der Waals surface area contributed by atoms with Crippen LogP contribution >= 0.6 is 11.3 Å². The van der Waals surface area contributed by atoms with Crippen LogP contribution in [0.2, 0.25) is 0 Å². The van der Waals surface area contributed by atoms with Gasteiger partial charge in [-0.15, -0.1) is 10.1 Å². The van der Waals surface area contributed by atoms with Crippen molar-refractivity contribution in [1.82, 2.24) is 5.01 Å². The van der Waals surface area contributed by atoms with E-state index in [4.69, 9.17) is 5.73 Å². The molecule has 1 aliphatic heterocycles. The minimum Gasteiger partial charge on any atom is -0.350 e. The second kappa shape index (κ2) is 3.89. The lowest BCUT2D eigenvalue weighted by atomic mass is 10.6. The van der Waals surface area contributed by atoms with E-state index in [9.17, 15) is 18.0 Å². The first-order valence-corrected chi connectivity index (χ1v) is 6.74. The molecule has 0 saturated heterocycles. The van der Waals surface area contributed by atoms with E-state index in [1.54, 1.807) is 5.38 Å². The number of amides is 3. The Balaban J connectivity index is 2.36. The fraction of sp³-hybridized carbons (Fsp3) is 0.143. The van der Waals surface area contributed by atoms with Crippen LogP contribution in [0.1, 0.15) is 0 Å². The molecule has 1 aromatic heterocycles. The number of carbonyl (C=O) groups is 2. The molecule has 2 heterocycles. The molecule has 1 atom stereocenters. The normalized spacial score (nSPS) is 19.9. The summed E-state index contributed by atoms with van der Waals surface area (Å²) in [5.41, 5.74) is 4.83. The molecule has 8 nitrogen and oxygen atoms in total. The molecule has 2 N–H and O–H groups in total. The zero-order valence-electron chi connectivity index (χ0n) is 8.18. The highest BCUT2D eigenvalue weighted by atomic mass is 32.2. The molecule has 2 rings (SSSR count). The highest BCUT2D eigenvalue weighted by Crippen LogP contribution is 2.24. The van der Waals surface area contributed by atoms with Crippen molar-refractivity contribution >= 4 is 33.1 Å². The lowest BCUT2D eigenvalue weighted by Crippen LogP contribution is -2.40. The summed E-state index contributed by atoms with van der Waals surface area (Å²) in [6.45, 7) is 0. The minimum absolute atomic E-state index is 0.0360. The summed E-state index contributed by atoms with van der Waals surface area (Å²) < 4.78 is 23.9. The van der Waals surface area contributed by atoms with E-state index >= 15 is 0 Å². The molecule has 1 aliphatic rings. The number of nitrogens with two attached hydrogens (primary N) is 1. The van der Waals surface area contributed by atoms with Gasteiger partial charge in [0.2, 0.25) is 9.84 Å². The summed E-state index contributed by atoms with van der Waals surface area (Å²) in [4.78, 5) is 22.3. The van der Waals surface area contributed by atoms with Crippen molar-refractivity contribution in [2.24, 2.45) is 16.1 Å². The second-order valence-electron chi connectivity index (χ2n) is 3.05. The summed E-state index contributed by atoms with van der Waals surface area (Å²) in [7, 11) is -3.96. The van der Waals surface area contributed by atoms with E-state index in [1.165, 1.54) is 22.8 Å². The largest absolute Gasteiger partial charge is 0.350 e. The first-order chi connectivity index (χ1) is 7.94. The Morgan fingerprint density at radius 1 is 1.53 bits per heavy atom. The van der Waals surface area contributed by atoms with E-state index in [0.29, 0.717) is 0 Å². The number of sulfone groups is 1. The molecule has 0 aliphatic carbocycles. The van der Waals surface area contributed by atoms with Gasteiger partial charge in [-0.2, -0.15) is 11.3 Å². The minimum atomic E-state index is -3.96. The molecule has 0 radical (unpaired) electrons. The fourth-order valence-electron chi connectivity index (χ4n) is 1.19. The van der Waals surface area contributed by atoms with Gasteiger partial charge >= 0.3 is 6.03 Å². The number of carbonyl (C=O) groups excluding carboxylic acids is 2. The van der Waals surface area contributed by atoms with Gasteiger partial charge in [0.25, 0.3) is 11.3 Å². The standard InChI is InChI=1S/C7H6N4O4S2/c8-7(13)11-6(12)5(9-10-11)17(14,15)4-1-2-16-3-4/h1-3,5H,(H2,8,13). The number of thiophene rings is 1. The smallest absolute Gasteiger partial charge is 0.344 e. The fourth-order valence-corrected chi connectivity index (χ4v) is 3.54. The van der Waals surface area contributed by atoms with Crippen LogP contribution in [0.5, 0.6) is 0 Å². The molecular weight excluding hydrogens is 268 g/mol. The van der Waals surface area contributed by atoms with Crippen molar-refractivity contribution in [3.63, 3.8) is 0 Å². The van der Waals surface area contributed by atoms with Gasteiger partial charge in [0.05, 0.1) is 4.90 Å². The van der Waals surface area contributed by atoms with Gasteiger partial charge in [0.1, 0.15) is 0 Å². The van der Waals surface area contributed by atoms with Gasteiger partial charge in [-0.3, -0.25) is 4.79 Å². The molecule has 0 spiro atoms. The number of urea groups is 1. The van der Waals surface area contributed by atoms with E-state index in [0.717, 1.165) is 0 Å². The number of primary amides is 1. The average Bonchev–Trinajstić information content (AvgIpc) is 2.84. The Bertz CT molecular complexity index is 591. The molecular formula is C7H6N4O4S2. The maximum Gasteiger partial charge on any atom is 0.344 e. The molecule has 10 heteroatoms. The molecule has 0 saturated carbocycles. The van der Waals surface area contributed by atoms with E-state index in [1.807, 2.05) is 0 Å². The topological polar surface area (TPSA) is 122 Å². The number of hydrogen-bond donors (Lipinski definition) is 1. The van der Waals surface area contributed by atoms with Crippen molar-refractivity contribution in [2.45, 2.75) is 10.3 Å². The van der Waals surface area contributed by atoms with Crippen LogP contribution in [0.4, 0.5) is 4.79 Å². The maximum absolute atomic E-state index is 11.9. The van der Waals surface area contributed by atoms with Crippen molar-refractivity contribution in [3.8, 4) is 0 Å². The van der Waals surface area contributed by atoms with Crippen molar-refractivity contribution in [2.75, 3.05) is 0 Å². The second-order valence-corrected chi connectivity index (χ2v) is 5.84. The van der Waals surface area contributed by atoms with Crippen molar-refractivity contribution in [3.05, 3.63) is 16.8 Å². The Morgan fingerprint density at radius 2 is 2.24 bits per heavy atom. The predicted molar refractivity (Wildman–Crippen MR) is 56.6 cm³/mol. The first-order valence-electron chi connectivity index (χ1n) is 4.25. The van der Waals surface area contributed by atoms with Gasteiger partial charge in [0, 0.05) is 5.38 Å². The third kappa shape index (κ3) is 1.80. The Hall–Kier alpha value is -1.81. The van der Waals surface area contributed by atoms with Gasteiger partial charge in [0.15, 0.2) is 0 Å². The van der Waals surface area contributed by atoms with E-state index < -0.39 is 27.1 Å². The van der Waals surface area contributed by atoms with E-state index in [-0.39, 0.29) is 9.90 Å². The van der Waals surface area contributed by atoms with Gasteiger partial charge in [-0.1, -0.05) is 5.22 Å². The van der Waals surface area contributed by atoms with Crippen LogP contribution < -0.4 is 5.73 Å². The van der Waals surface area contributed by atoms with Crippen LogP contribution in [-0.4, -0.2) is 30.7 Å². The van der Waals surface area contributed by atoms with Crippen molar-refractivity contribution < 1.29 is 18.0 Å². The number of rotatable bonds is 2. The van der Waals surface area contributed by atoms with Gasteiger partial charge < -0.3 is 5.73 Å². The number of hydrogen-bond acceptors (Lipinski definition) is 7. The average molecular weight is 274 g/mol. The lowest BCUT2D eigenvalue weighted by Gasteiger charge is -2.07. The predicted octanol–water partition coefficient (Wildman–Crippen LogP) is 0.136. The Kier molecular flexibility index (Phi) is 2.67. The zero-order chi connectivity index (χ0) is 12.6. The molecule has 17 heavy (non-hydrogen) atoms. The molecule has 1 aromatic rings. The Morgan fingerprint density at radius 3 is 2.71 bits per heavy atom. The molecule has 90 valence electrons. The highest BCUT2D eigenvalue weighted by Gasteiger charge is 2.43. The van der Waals surface area contributed by atoms with Crippen LogP contribution in [0.15, 0.2) is 32.1 Å². The summed E-state index contributed by atoms with van der Waals surface area (Å²) in [5, 5.41) is 7.81. The van der Waals surface area contributed by atoms with Gasteiger partial charge in [-0.05, 0) is 11.4 Å². The third-order valence-electron chi connectivity index (χ3n) is 1.99. The lowest BCUT2D eigenvalue weighted by molar-refractivity contribution is -0.125. The van der Waals surface area contributed by atoms with Crippen LogP contribution in [0, 0.1) is 0 Å². The third-order valence-corrected chi connectivity index (χ3v) is 4.62. The number of imide groups is 1. The summed E-state index contributed by atoms with van der Waals surface area (Å²) >= 11 is 1.17. The summed E-state index contributed by atoms with van der Waals surface area (Å²) in [5.74, 6) is -1.07. The van der Waals surface area contributed by atoms with Crippen LogP contribution in [0.3, 0.4) is 0 Å². The highest BCUT2D eigenvalue weighted by molar-refractivity contribution is 7.93. The van der Waals surface area contributed by atoms with Gasteiger partial charge in [-0.25, -0.2) is 13.2 Å². The number of nitrogens with zero attached hydrogens (tertiary/aromatic N) is 3. The quantitative estimate of drug-likeness (QED) is 0.823. The first kappa shape index (κ1) is 11.7. The molecule has 0 bridgehead atoms. The molecule has 0 fully saturated rings. The summed E-state index contributed by atoms with van der Waals surface area (Å²) in [6, 6.07) is 0.178. The van der Waals surface area contributed by atoms with Crippen LogP contribution in [0.25, 0.3) is 0 Å².